The Labute approximate surface area is 330 Å². The molecule has 298 valence electrons. The summed E-state index contributed by atoms with van der Waals surface area (Å²) >= 11 is 0. The van der Waals surface area contributed by atoms with Gasteiger partial charge >= 0.3 is 0 Å². The number of amides is 5. The number of rotatable bonds is 9. The van der Waals surface area contributed by atoms with Gasteiger partial charge in [-0.05, 0) is 56.6 Å². The number of halogens is 1. The van der Waals surface area contributed by atoms with Crippen molar-refractivity contribution < 1.29 is 33.1 Å². The maximum Gasteiger partial charge on any atom is 0.262 e. The average Bonchev–Trinajstić information content (AvgIpc) is 3.87. The predicted molar refractivity (Wildman–Crippen MR) is 206 cm³/mol. The van der Waals surface area contributed by atoms with Crippen LogP contribution in [0.25, 0.3) is 16.6 Å². The minimum atomic E-state index is -1.45. The lowest BCUT2D eigenvalue weighted by atomic mass is 9.92. The monoisotopic (exact) mass is 789 g/mol. The number of piperidine rings is 2. The number of nitrogens with one attached hydrogen (secondary N) is 2. The van der Waals surface area contributed by atoms with Gasteiger partial charge in [0.15, 0.2) is 11.3 Å². The second kappa shape index (κ2) is 13.7. The number of ether oxygens (including phenoxy) is 1. The normalized spacial score (nSPS) is 21.7. The number of likely N-dealkylation sites (tertiary alicyclic amines) is 2. The van der Waals surface area contributed by atoms with Gasteiger partial charge in [0.05, 0.1) is 47.7 Å². The first kappa shape index (κ1) is 36.1. The number of anilines is 2. The van der Waals surface area contributed by atoms with E-state index in [9.17, 15) is 24.0 Å². The summed E-state index contributed by atoms with van der Waals surface area (Å²) in [4.78, 5) is 75.3. The summed E-state index contributed by atoms with van der Waals surface area (Å²) in [7, 11) is 2.03. The molecule has 8 heterocycles. The van der Waals surface area contributed by atoms with Crippen molar-refractivity contribution in [1.82, 2.24) is 44.4 Å². The summed E-state index contributed by atoms with van der Waals surface area (Å²) in [6.45, 7) is 3.49. The topological polar surface area (TPSA) is 180 Å². The van der Waals surface area contributed by atoms with Crippen LogP contribution in [0.4, 0.5) is 15.8 Å². The molecule has 4 fully saturated rings. The molecule has 0 spiro atoms. The molecule has 10 rings (SSSR count). The van der Waals surface area contributed by atoms with Crippen LogP contribution in [0.5, 0.6) is 5.75 Å². The van der Waals surface area contributed by atoms with Gasteiger partial charge in [-0.15, -0.1) is 0 Å². The largest absolute Gasteiger partial charge is 0.485 e. The molecule has 17 nitrogen and oxygen atoms in total. The molecule has 0 aliphatic carbocycles. The maximum absolute atomic E-state index is 16.1. The van der Waals surface area contributed by atoms with Gasteiger partial charge in [-0.1, -0.05) is 0 Å². The summed E-state index contributed by atoms with van der Waals surface area (Å²) in [6, 6.07) is 9.43. The van der Waals surface area contributed by atoms with Crippen molar-refractivity contribution in [2.24, 2.45) is 0 Å². The second-order valence-corrected chi connectivity index (χ2v) is 16.1. The highest BCUT2D eigenvalue weighted by Gasteiger charge is 2.48. The lowest BCUT2D eigenvalue weighted by molar-refractivity contribution is -0.136. The Balaban J connectivity index is 0.776. The van der Waals surface area contributed by atoms with Gasteiger partial charge in [0.25, 0.3) is 17.7 Å². The van der Waals surface area contributed by atoms with Gasteiger partial charge in [0.2, 0.25) is 11.8 Å². The molecule has 3 aromatic heterocycles. The Morgan fingerprint density at radius 2 is 1.83 bits per heavy atom. The third kappa shape index (κ3) is 6.32. The predicted octanol–water partition coefficient (Wildman–Crippen LogP) is 2.29. The van der Waals surface area contributed by atoms with Crippen molar-refractivity contribution in [2.75, 3.05) is 63.1 Å². The number of likely N-dealkylation sites (N-methyl/N-ethyl adjacent to an activating group) is 1. The van der Waals surface area contributed by atoms with Gasteiger partial charge in [-0.2, -0.15) is 10.2 Å². The fourth-order valence-corrected chi connectivity index (χ4v) is 8.85. The zero-order chi connectivity index (χ0) is 39.9. The van der Waals surface area contributed by atoms with Crippen molar-refractivity contribution >= 4 is 57.5 Å². The maximum atomic E-state index is 16.1. The number of aromatic nitrogens is 5. The van der Waals surface area contributed by atoms with E-state index in [4.69, 9.17) is 9.84 Å². The fourth-order valence-electron chi connectivity index (χ4n) is 8.85. The first-order chi connectivity index (χ1) is 28.0. The molecule has 58 heavy (non-hydrogen) atoms. The number of carbonyl (C=O) groups is 5. The van der Waals surface area contributed by atoms with Crippen LogP contribution in [0.3, 0.4) is 0 Å². The molecule has 1 atom stereocenters. The molecular formula is C40H40FN11O6. The highest BCUT2D eigenvalue weighted by Crippen LogP contribution is 2.38. The number of alkyl halides is 1. The van der Waals surface area contributed by atoms with Crippen LogP contribution >= 0.6 is 0 Å². The SMILES string of the molecule is CN1CC(Oc2cc3nn(C4CCN(CC5(F)CN(c6ccc7c(c6)C(=O)N(C6CCC(=O)NC6=O)C7=O)C5)CC4)cc3cc2NC(=O)c2cnn3cccnc23)C1. The molecule has 4 saturated heterocycles. The standard InChI is InChI=1S/C40H40FN11O6/c1-47-18-26(19-47)58-33-15-30-23(13-31(33)44-36(54)29-16-43-50-10-2-9-42-35(29)50)17-51(46-30)24-7-11-48(12-8-24)20-40(41)21-49(22-40)25-3-4-27-28(14-25)39(57)52(38(27)56)32-5-6-34(53)45-37(32)55/h2-4,9-10,13-17,24,26,32H,5-8,11-12,18-22H2,1H3,(H,44,54)(H,45,53,55). The molecule has 18 heteroatoms. The quantitative estimate of drug-likeness (QED) is 0.209. The van der Waals surface area contributed by atoms with Crippen LogP contribution in [-0.4, -0.2) is 139 Å². The first-order valence-electron chi connectivity index (χ1n) is 19.5. The van der Waals surface area contributed by atoms with Gasteiger partial charge in [0, 0.05) is 74.9 Å². The van der Waals surface area contributed by atoms with Crippen LogP contribution in [-0.2, 0) is 9.59 Å². The number of carbonyl (C=O) groups excluding carboxylic acids is 5. The van der Waals surface area contributed by atoms with Crippen LogP contribution < -0.4 is 20.3 Å². The van der Waals surface area contributed by atoms with E-state index in [1.54, 1.807) is 41.2 Å². The fraction of sp³-hybridized carbons (Fsp3) is 0.400. The Bertz CT molecular complexity index is 2530. The average molecular weight is 790 g/mol. The van der Waals surface area contributed by atoms with Gasteiger partial charge in [-0.25, -0.2) is 13.9 Å². The Morgan fingerprint density at radius 1 is 1.03 bits per heavy atom. The van der Waals surface area contributed by atoms with Crippen molar-refractivity contribution in [3.63, 3.8) is 0 Å². The van der Waals surface area contributed by atoms with E-state index < -0.39 is 35.3 Å². The highest BCUT2D eigenvalue weighted by atomic mass is 19.1. The minimum Gasteiger partial charge on any atom is -0.485 e. The van der Waals surface area contributed by atoms with E-state index >= 15 is 4.39 Å². The van der Waals surface area contributed by atoms with E-state index in [1.165, 1.54) is 6.20 Å². The van der Waals surface area contributed by atoms with E-state index in [1.807, 2.05) is 35.0 Å². The van der Waals surface area contributed by atoms with Gasteiger partial charge in [-0.3, -0.25) is 48.7 Å². The summed E-state index contributed by atoms with van der Waals surface area (Å²) in [5, 5.41) is 15.3. The van der Waals surface area contributed by atoms with Crippen LogP contribution in [0, 0.1) is 0 Å². The Kier molecular flexibility index (Phi) is 8.52. The molecule has 5 aromatic rings. The summed E-state index contributed by atoms with van der Waals surface area (Å²) in [5.74, 6) is -2.05. The zero-order valence-electron chi connectivity index (χ0n) is 31.6. The third-order valence-electron chi connectivity index (χ3n) is 11.9. The van der Waals surface area contributed by atoms with Crippen LogP contribution in [0.2, 0.25) is 0 Å². The molecule has 2 N–H and O–H groups in total. The molecule has 0 radical (unpaired) electrons. The number of nitrogens with zero attached hydrogens (tertiary/aromatic N) is 9. The van der Waals surface area contributed by atoms with Crippen LogP contribution in [0.15, 0.2) is 61.2 Å². The van der Waals surface area contributed by atoms with Gasteiger partial charge in [0.1, 0.15) is 23.5 Å². The second-order valence-electron chi connectivity index (χ2n) is 16.1. The Morgan fingerprint density at radius 3 is 2.60 bits per heavy atom. The zero-order valence-corrected chi connectivity index (χ0v) is 31.6. The summed E-state index contributed by atoms with van der Waals surface area (Å²) in [5.41, 5.74) is 1.64. The molecule has 2 aromatic carbocycles. The molecular weight excluding hydrogens is 750 g/mol. The molecule has 5 amide bonds. The van der Waals surface area contributed by atoms with Crippen molar-refractivity contribution in [3.8, 4) is 5.75 Å². The molecule has 5 aliphatic rings. The van der Waals surface area contributed by atoms with Crippen molar-refractivity contribution in [3.05, 3.63) is 77.9 Å². The minimum absolute atomic E-state index is 0.00851. The van der Waals surface area contributed by atoms with E-state index in [0.717, 1.165) is 41.7 Å². The highest BCUT2D eigenvalue weighted by molar-refractivity contribution is 6.23. The number of benzene rings is 2. The molecule has 1 unspecified atom stereocenters. The van der Waals surface area contributed by atoms with Crippen molar-refractivity contribution in [1.29, 1.82) is 0 Å². The first-order valence-corrected chi connectivity index (χ1v) is 19.5. The number of hydrogen-bond donors (Lipinski definition) is 2. The molecule has 5 aliphatic heterocycles. The smallest absolute Gasteiger partial charge is 0.262 e. The van der Waals surface area contributed by atoms with Crippen molar-refractivity contribution in [2.45, 2.75) is 49.5 Å². The third-order valence-corrected chi connectivity index (χ3v) is 11.9. The molecule has 0 bridgehead atoms. The van der Waals surface area contributed by atoms with E-state index in [0.29, 0.717) is 41.4 Å². The van der Waals surface area contributed by atoms with E-state index in [-0.39, 0.29) is 61.7 Å². The summed E-state index contributed by atoms with van der Waals surface area (Å²) < 4.78 is 26.0. The summed E-state index contributed by atoms with van der Waals surface area (Å²) in [6.07, 6.45) is 8.51. The lowest BCUT2D eigenvalue weighted by Gasteiger charge is -2.48. The number of fused-ring (bicyclic) bond motifs is 3. The lowest BCUT2D eigenvalue weighted by Crippen LogP contribution is -2.64. The molecule has 0 saturated carbocycles. The van der Waals surface area contributed by atoms with Gasteiger partial charge < -0.3 is 15.0 Å². The number of imide groups is 2. The van der Waals surface area contributed by atoms with E-state index in [2.05, 4.69) is 30.5 Å². The number of hydrogen-bond acceptors (Lipinski definition) is 12. The Hall–Kier alpha value is -6.27. The van der Waals surface area contributed by atoms with Crippen LogP contribution in [0.1, 0.15) is 62.8 Å².